The molecule has 3 rings (SSSR count). The van der Waals surface area contributed by atoms with Crippen LogP contribution in [0.4, 0.5) is 0 Å². The highest BCUT2D eigenvalue weighted by Crippen LogP contribution is 2.29. The van der Waals surface area contributed by atoms with Crippen molar-refractivity contribution in [3.8, 4) is 16.3 Å². The van der Waals surface area contributed by atoms with Gasteiger partial charge in [0.1, 0.15) is 0 Å². The summed E-state index contributed by atoms with van der Waals surface area (Å²) in [5, 5.41) is 6.47. The molecule has 0 amide bonds. The first-order valence-corrected chi connectivity index (χ1v) is 6.86. The second-order valence-corrected chi connectivity index (χ2v) is 5.36. The van der Waals surface area contributed by atoms with Crippen molar-refractivity contribution in [1.82, 2.24) is 9.78 Å². The maximum atomic E-state index is 4.40. The molecule has 0 saturated carbocycles. The van der Waals surface area contributed by atoms with Gasteiger partial charge >= 0.3 is 0 Å². The maximum absolute atomic E-state index is 4.40. The van der Waals surface area contributed by atoms with E-state index in [-0.39, 0.29) is 0 Å². The first-order chi connectivity index (χ1) is 8.36. The second kappa shape index (κ2) is 4.47. The van der Waals surface area contributed by atoms with Gasteiger partial charge in [0.05, 0.1) is 22.5 Å². The van der Waals surface area contributed by atoms with E-state index in [0.29, 0.717) is 0 Å². The lowest BCUT2D eigenvalue weighted by Crippen LogP contribution is -1.98. The van der Waals surface area contributed by atoms with Crippen LogP contribution in [0.25, 0.3) is 16.3 Å². The van der Waals surface area contributed by atoms with Crippen molar-refractivity contribution in [2.75, 3.05) is 0 Å². The minimum Gasteiger partial charge on any atom is -0.231 e. The molecule has 0 fully saturated rings. The highest BCUT2D eigenvalue weighted by molar-refractivity contribution is 9.10. The Balaban J connectivity index is 2.17. The second-order valence-electron chi connectivity index (χ2n) is 3.56. The van der Waals surface area contributed by atoms with Gasteiger partial charge in [-0.3, -0.25) is 0 Å². The number of thiophene rings is 1. The van der Waals surface area contributed by atoms with Crippen LogP contribution in [0.5, 0.6) is 0 Å². The molecule has 0 unspecified atom stereocenters. The lowest BCUT2D eigenvalue weighted by Gasteiger charge is -2.07. The molecule has 0 N–H and O–H groups in total. The van der Waals surface area contributed by atoms with Gasteiger partial charge in [-0.1, -0.05) is 18.2 Å². The summed E-state index contributed by atoms with van der Waals surface area (Å²) in [6, 6.07) is 14.3. The van der Waals surface area contributed by atoms with Gasteiger partial charge in [0.25, 0.3) is 0 Å². The zero-order chi connectivity index (χ0) is 11.7. The van der Waals surface area contributed by atoms with Crippen LogP contribution >= 0.6 is 27.3 Å². The Morgan fingerprint density at radius 1 is 1.06 bits per heavy atom. The fourth-order valence-corrected chi connectivity index (χ4v) is 2.92. The minimum atomic E-state index is 1.04. The van der Waals surface area contributed by atoms with Crippen molar-refractivity contribution >= 4 is 27.3 Å². The number of aromatic nitrogens is 2. The van der Waals surface area contributed by atoms with E-state index in [4.69, 9.17) is 0 Å². The maximum Gasteiger partial charge on any atom is 0.0841 e. The third-order valence-corrected chi connectivity index (χ3v) is 4.06. The summed E-state index contributed by atoms with van der Waals surface area (Å²) in [6.45, 7) is 0. The SMILES string of the molecule is Brc1ccccc1-n1nccc1-c1cccs1. The lowest BCUT2D eigenvalue weighted by atomic mass is 10.3. The Kier molecular flexibility index (Phi) is 2.82. The zero-order valence-corrected chi connectivity index (χ0v) is 11.3. The number of benzene rings is 1. The molecule has 2 aromatic heterocycles. The average molecular weight is 305 g/mol. The van der Waals surface area contributed by atoms with Crippen LogP contribution < -0.4 is 0 Å². The monoisotopic (exact) mass is 304 g/mol. The molecule has 0 aliphatic carbocycles. The summed E-state index contributed by atoms with van der Waals surface area (Å²) in [6.07, 6.45) is 1.83. The van der Waals surface area contributed by atoms with Gasteiger partial charge in [-0.05, 0) is 45.6 Å². The van der Waals surface area contributed by atoms with E-state index >= 15 is 0 Å². The number of hydrogen-bond donors (Lipinski definition) is 0. The van der Waals surface area contributed by atoms with Gasteiger partial charge in [-0.2, -0.15) is 5.10 Å². The van der Waals surface area contributed by atoms with E-state index in [1.54, 1.807) is 11.3 Å². The molecule has 2 heterocycles. The summed E-state index contributed by atoms with van der Waals surface area (Å²) in [5.74, 6) is 0. The summed E-state index contributed by atoms with van der Waals surface area (Å²) in [7, 11) is 0. The van der Waals surface area contributed by atoms with Crippen molar-refractivity contribution in [3.05, 3.63) is 58.5 Å². The van der Waals surface area contributed by atoms with E-state index in [2.05, 4.69) is 38.5 Å². The highest BCUT2D eigenvalue weighted by atomic mass is 79.9. The summed E-state index contributed by atoms with van der Waals surface area (Å²) in [5.41, 5.74) is 2.17. The van der Waals surface area contributed by atoms with Crippen LogP contribution in [0.2, 0.25) is 0 Å². The molecule has 0 aliphatic rings. The van der Waals surface area contributed by atoms with Gasteiger partial charge in [-0.25, -0.2) is 4.68 Å². The molecule has 2 nitrogen and oxygen atoms in total. The number of para-hydroxylation sites is 1. The van der Waals surface area contributed by atoms with Crippen molar-refractivity contribution in [3.63, 3.8) is 0 Å². The van der Waals surface area contributed by atoms with Crippen LogP contribution in [-0.2, 0) is 0 Å². The summed E-state index contributed by atoms with van der Waals surface area (Å²) in [4.78, 5) is 1.22. The Morgan fingerprint density at radius 2 is 1.94 bits per heavy atom. The molecule has 84 valence electrons. The Hall–Kier alpha value is -1.39. The van der Waals surface area contributed by atoms with Crippen molar-refractivity contribution in [2.24, 2.45) is 0 Å². The molecular weight excluding hydrogens is 296 g/mol. The fraction of sp³-hybridized carbons (Fsp3) is 0. The molecule has 4 heteroatoms. The smallest absolute Gasteiger partial charge is 0.0841 e. The summed E-state index contributed by atoms with van der Waals surface area (Å²) < 4.78 is 3.00. The van der Waals surface area contributed by atoms with E-state index in [1.807, 2.05) is 41.2 Å². The predicted molar refractivity (Wildman–Crippen MR) is 74.6 cm³/mol. The molecule has 0 radical (unpaired) electrons. The normalized spacial score (nSPS) is 10.6. The highest BCUT2D eigenvalue weighted by Gasteiger charge is 2.09. The van der Waals surface area contributed by atoms with E-state index in [1.165, 1.54) is 4.88 Å². The van der Waals surface area contributed by atoms with Crippen LogP contribution in [0.15, 0.2) is 58.5 Å². The third kappa shape index (κ3) is 1.94. The molecule has 3 aromatic rings. The largest absolute Gasteiger partial charge is 0.231 e. The van der Waals surface area contributed by atoms with Crippen molar-refractivity contribution in [1.29, 1.82) is 0 Å². The zero-order valence-electron chi connectivity index (χ0n) is 8.88. The Labute approximate surface area is 112 Å². The topological polar surface area (TPSA) is 17.8 Å². The molecule has 0 saturated heterocycles. The number of hydrogen-bond acceptors (Lipinski definition) is 2. The Bertz CT molecular complexity index is 628. The fourth-order valence-electron chi connectivity index (χ4n) is 1.73. The number of nitrogens with zero attached hydrogens (tertiary/aromatic N) is 2. The van der Waals surface area contributed by atoms with Crippen molar-refractivity contribution < 1.29 is 0 Å². The molecule has 0 spiro atoms. The van der Waals surface area contributed by atoms with Crippen LogP contribution in [0.3, 0.4) is 0 Å². The molecule has 0 bridgehead atoms. The standard InChI is InChI=1S/C13H9BrN2S/c14-10-4-1-2-5-11(10)16-12(7-8-15-16)13-6-3-9-17-13/h1-9H. The van der Waals surface area contributed by atoms with E-state index in [9.17, 15) is 0 Å². The summed E-state index contributed by atoms with van der Waals surface area (Å²) >= 11 is 5.28. The van der Waals surface area contributed by atoms with Gasteiger partial charge < -0.3 is 0 Å². The quantitative estimate of drug-likeness (QED) is 0.687. The molecular formula is C13H9BrN2S. The van der Waals surface area contributed by atoms with Gasteiger partial charge in [0, 0.05) is 4.47 Å². The van der Waals surface area contributed by atoms with Gasteiger partial charge in [0.15, 0.2) is 0 Å². The third-order valence-electron chi connectivity index (χ3n) is 2.50. The number of halogens is 1. The van der Waals surface area contributed by atoms with Crippen LogP contribution in [0.1, 0.15) is 0 Å². The van der Waals surface area contributed by atoms with E-state index in [0.717, 1.165) is 15.9 Å². The molecule has 17 heavy (non-hydrogen) atoms. The first kappa shape index (κ1) is 10.7. The van der Waals surface area contributed by atoms with Gasteiger partial charge in [0.2, 0.25) is 0 Å². The van der Waals surface area contributed by atoms with Crippen LogP contribution in [-0.4, -0.2) is 9.78 Å². The lowest BCUT2D eigenvalue weighted by molar-refractivity contribution is 0.885. The Morgan fingerprint density at radius 3 is 2.71 bits per heavy atom. The van der Waals surface area contributed by atoms with Crippen LogP contribution in [0, 0.1) is 0 Å². The predicted octanol–water partition coefficient (Wildman–Crippen LogP) is 4.36. The molecule has 0 atom stereocenters. The van der Waals surface area contributed by atoms with E-state index < -0.39 is 0 Å². The van der Waals surface area contributed by atoms with Gasteiger partial charge in [-0.15, -0.1) is 11.3 Å². The molecule has 1 aromatic carbocycles. The van der Waals surface area contributed by atoms with Crippen molar-refractivity contribution in [2.45, 2.75) is 0 Å². The molecule has 0 aliphatic heterocycles. The number of rotatable bonds is 2. The minimum absolute atomic E-state index is 1.04. The first-order valence-electron chi connectivity index (χ1n) is 5.19. The average Bonchev–Trinajstić information content (AvgIpc) is 3.00.